The van der Waals surface area contributed by atoms with Crippen molar-refractivity contribution in [3.8, 4) is 0 Å². The lowest BCUT2D eigenvalue weighted by atomic mass is 9.84. The lowest BCUT2D eigenvalue weighted by molar-refractivity contribution is -0.142. The zero-order valence-corrected chi connectivity index (χ0v) is 35.6. The van der Waals surface area contributed by atoms with Gasteiger partial charge in [-0.05, 0) is 62.0 Å². The molecule has 9 amide bonds. The van der Waals surface area contributed by atoms with Crippen molar-refractivity contribution in [2.45, 2.75) is 133 Å². The highest BCUT2D eigenvalue weighted by molar-refractivity contribution is 5.97. The fourth-order valence-corrected chi connectivity index (χ4v) is 8.62. The van der Waals surface area contributed by atoms with Gasteiger partial charge in [-0.2, -0.15) is 0 Å². The number of urea groups is 1. The number of carbonyl (C=O) groups is 8. The molecule has 2 aromatic carbocycles. The van der Waals surface area contributed by atoms with Gasteiger partial charge in [-0.1, -0.05) is 92.8 Å². The lowest BCUT2D eigenvalue weighted by Crippen LogP contribution is -2.60. The van der Waals surface area contributed by atoms with Crippen molar-refractivity contribution in [3.63, 3.8) is 0 Å². The topological polar surface area (TPSA) is 250 Å². The Labute approximate surface area is 363 Å². The first kappa shape index (κ1) is 47.1. The highest BCUT2D eigenvalue weighted by Gasteiger charge is 2.40. The first-order valence-corrected chi connectivity index (χ1v) is 22.1. The minimum absolute atomic E-state index is 0.0560. The summed E-state index contributed by atoms with van der Waals surface area (Å²) in [5.41, 5.74) is 6.80. The van der Waals surface area contributed by atoms with E-state index in [1.807, 2.05) is 60.7 Å². The number of hydrogen-bond acceptors (Lipinski definition) is 8. The van der Waals surface area contributed by atoms with Crippen molar-refractivity contribution in [1.29, 1.82) is 0 Å². The van der Waals surface area contributed by atoms with Crippen LogP contribution < -0.4 is 43.0 Å². The number of amides is 9. The zero-order chi connectivity index (χ0) is 44.4. The van der Waals surface area contributed by atoms with Crippen LogP contribution in [0, 0.1) is 5.92 Å². The van der Waals surface area contributed by atoms with Gasteiger partial charge in [-0.25, -0.2) is 4.79 Å². The average molecular weight is 858 g/mol. The van der Waals surface area contributed by atoms with E-state index in [-0.39, 0.29) is 64.1 Å². The predicted molar refractivity (Wildman–Crippen MR) is 231 cm³/mol. The summed E-state index contributed by atoms with van der Waals surface area (Å²) in [5.74, 6) is -3.55. The third kappa shape index (κ3) is 14.6. The van der Waals surface area contributed by atoms with Crippen molar-refractivity contribution in [2.24, 2.45) is 11.7 Å². The van der Waals surface area contributed by atoms with Crippen molar-refractivity contribution >= 4 is 47.4 Å². The molecule has 17 heteroatoms. The minimum Gasteiger partial charge on any atom is -0.354 e. The molecule has 2 aromatic rings. The van der Waals surface area contributed by atoms with Crippen LogP contribution in [0.4, 0.5) is 4.79 Å². The number of fused-ring (bicyclic) bond motifs is 1. The number of benzene rings is 2. The Hall–Kier alpha value is -6.00. The van der Waals surface area contributed by atoms with Crippen LogP contribution in [0.5, 0.6) is 0 Å². The van der Waals surface area contributed by atoms with E-state index in [4.69, 9.17) is 5.73 Å². The molecule has 1 aliphatic carbocycles. The molecule has 0 unspecified atom stereocenters. The van der Waals surface area contributed by atoms with Gasteiger partial charge < -0.3 is 47.9 Å². The molecule has 0 bridgehead atoms. The highest BCUT2D eigenvalue weighted by atomic mass is 16.2. The van der Waals surface area contributed by atoms with Crippen molar-refractivity contribution in [3.05, 3.63) is 71.8 Å². The molecule has 336 valence electrons. The zero-order valence-electron chi connectivity index (χ0n) is 35.6. The van der Waals surface area contributed by atoms with Crippen LogP contribution in [0.15, 0.2) is 60.7 Å². The van der Waals surface area contributed by atoms with E-state index in [1.165, 1.54) is 11.8 Å². The molecule has 6 atom stereocenters. The molecule has 62 heavy (non-hydrogen) atoms. The normalized spacial score (nSPS) is 23.9. The van der Waals surface area contributed by atoms with Gasteiger partial charge in [0.1, 0.15) is 36.3 Å². The highest BCUT2D eigenvalue weighted by Crippen LogP contribution is 2.28. The number of nitrogens with one attached hydrogen (secondary N) is 7. The Bertz CT molecular complexity index is 1860. The number of nitrogens with zero attached hydrogens (tertiary/aromatic N) is 1. The van der Waals surface area contributed by atoms with Gasteiger partial charge in [0, 0.05) is 39.4 Å². The number of carbonyl (C=O) groups excluding carboxylic acids is 8. The van der Waals surface area contributed by atoms with Gasteiger partial charge in [0.2, 0.25) is 41.4 Å². The summed E-state index contributed by atoms with van der Waals surface area (Å²) in [4.78, 5) is 110. The first-order chi connectivity index (χ1) is 29.9. The molecule has 0 aromatic heterocycles. The monoisotopic (exact) mass is 857 g/mol. The largest absolute Gasteiger partial charge is 0.354 e. The van der Waals surface area contributed by atoms with Crippen molar-refractivity contribution in [2.75, 3.05) is 19.6 Å². The Balaban J connectivity index is 1.45. The number of hydrogen-bond donors (Lipinski definition) is 8. The second-order valence-corrected chi connectivity index (χ2v) is 16.7. The van der Waals surface area contributed by atoms with E-state index < -0.39 is 83.6 Å². The van der Waals surface area contributed by atoms with Gasteiger partial charge in [0.15, 0.2) is 0 Å². The van der Waals surface area contributed by atoms with E-state index >= 15 is 0 Å². The maximum absolute atomic E-state index is 14.5. The maximum Gasteiger partial charge on any atom is 0.312 e. The van der Waals surface area contributed by atoms with E-state index in [9.17, 15) is 38.4 Å². The summed E-state index contributed by atoms with van der Waals surface area (Å²) in [6, 6.07) is 11.2. The smallest absolute Gasteiger partial charge is 0.312 e. The summed E-state index contributed by atoms with van der Waals surface area (Å²) in [7, 11) is 0. The molecule has 2 aliphatic heterocycles. The second kappa shape index (κ2) is 23.9. The van der Waals surface area contributed by atoms with E-state index in [1.54, 1.807) is 0 Å². The number of rotatable bonds is 13. The van der Waals surface area contributed by atoms with Crippen LogP contribution in [-0.2, 0) is 46.4 Å². The third-order valence-electron chi connectivity index (χ3n) is 11.8. The molecule has 0 spiro atoms. The van der Waals surface area contributed by atoms with Gasteiger partial charge in [0.25, 0.3) is 0 Å². The van der Waals surface area contributed by atoms with Crippen LogP contribution >= 0.6 is 0 Å². The van der Waals surface area contributed by atoms with Gasteiger partial charge in [0.05, 0.1) is 0 Å². The third-order valence-corrected chi connectivity index (χ3v) is 11.8. The van der Waals surface area contributed by atoms with Gasteiger partial charge in [-0.15, -0.1) is 0 Å². The standard InChI is InChI=1S/C45H63N9O8/c1-29(55)49-35(26-30-14-5-2-6-15-30)40(57)51-34-21-12-23-47-39(56)33(20-11-24-48-45(46)62)50-41(58)36(27-31-16-7-3-8-17-31)52-42(59)37(28-32-18-9-4-10-19-32)53-43(60)38-22-13-25-54(38)44(34)61/h2-3,5-8,14-17,32-38H,4,9-13,18-28H2,1H3,(H,47,56)(H,49,55)(H,50,58)(H,51,57)(H,52,59)(H,53,60)(H3,46,48,62)/t33-,34-,35-,36-,37+,38-/m0/s1. The molecule has 2 heterocycles. The Morgan fingerprint density at radius 3 is 2.06 bits per heavy atom. The molecule has 17 nitrogen and oxygen atoms in total. The van der Waals surface area contributed by atoms with Gasteiger partial charge in [-0.3, -0.25) is 33.6 Å². The Morgan fingerprint density at radius 1 is 0.742 bits per heavy atom. The SMILES string of the molecule is CC(=O)N[C@@H](Cc1ccccc1)C(=O)N[C@H]1CCCNC(=O)[C@H](CCCNC(N)=O)NC(=O)[C@H](Cc2ccccc2)NC(=O)[C@@H](CC2CCCCC2)NC(=O)[C@@H]2CCCN2C1=O. The summed E-state index contributed by atoms with van der Waals surface area (Å²) in [6.07, 6.45) is 6.98. The molecular weight excluding hydrogens is 795 g/mol. The van der Waals surface area contributed by atoms with Crippen LogP contribution in [-0.4, -0.2) is 108 Å². The maximum atomic E-state index is 14.5. The number of nitrogens with two attached hydrogens (primary N) is 1. The average Bonchev–Trinajstić information content (AvgIpc) is 3.76. The van der Waals surface area contributed by atoms with Crippen LogP contribution in [0.1, 0.15) is 95.1 Å². The molecule has 1 saturated carbocycles. The van der Waals surface area contributed by atoms with Crippen LogP contribution in [0.3, 0.4) is 0 Å². The van der Waals surface area contributed by atoms with E-state index in [2.05, 4.69) is 37.2 Å². The van der Waals surface area contributed by atoms with E-state index in [0.29, 0.717) is 19.3 Å². The predicted octanol–water partition coefficient (Wildman–Crippen LogP) is 1.24. The second-order valence-electron chi connectivity index (χ2n) is 16.7. The fourth-order valence-electron chi connectivity index (χ4n) is 8.62. The molecule has 0 radical (unpaired) electrons. The Kier molecular flexibility index (Phi) is 18.1. The quantitative estimate of drug-likeness (QED) is 0.136. The van der Waals surface area contributed by atoms with Crippen LogP contribution in [0.2, 0.25) is 0 Å². The van der Waals surface area contributed by atoms with E-state index in [0.717, 1.165) is 43.2 Å². The molecule has 3 fully saturated rings. The fraction of sp³-hybridized carbons (Fsp3) is 0.556. The molecular formula is C45H63N9O8. The first-order valence-electron chi connectivity index (χ1n) is 22.1. The minimum atomic E-state index is -1.13. The Morgan fingerprint density at radius 2 is 1.39 bits per heavy atom. The summed E-state index contributed by atoms with van der Waals surface area (Å²) >= 11 is 0. The molecule has 2 saturated heterocycles. The van der Waals surface area contributed by atoms with Crippen LogP contribution in [0.25, 0.3) is 0 Å². The summed E-state index contributed by atoms with van der Waals surface area (Å²) in [6.45, 7) is 1.75. The number of primary amides is 1. The summed E-state index contributed by atoms with van der Waals surface area (Å²) < 4.78 is 0. The molecule has 3 aliphatic rings. The lowest BCUT2D eigenvalue weighted by Gasteiger charge is -2.32. The van der Waals surface area contributed by atoms with Crippen molar-refractivity contribution < 1.29 is 38.4 Å². The summed E-state index contributed by atoms with van der Waals surface area (Å²) in [5, 5.41) is 19.6. The van der Waals surface area contributed by atoms with Crippen molar-refractivity contribution in [1.82, 2.24) is 42.1 Å². The molecule has 9 N–H and O–H groups in total. The van der Waals surface area contributed by atoms with Gasteiger partial charge >= 0.3 is 6.03 Å². The molecule has 5 rings (SSSR count).